The molecule has 6 nitrogen and oxygen atoms in total. The fourth-order valence-electron chi connectivity index (χ4n) is 2.23. The lowest BCUT2D eigenvalue weighted by atomic mass is 10.1. The van der Waals surface area contributed by atoms with Crippen molar-refractivity contribution in [1.82, 2.24) is 0 Å². The summed E-state index contributed by atoms with van der Waals surface area (Å²) in [5.41, 5.74) is 7.49. The summed E-state index contributed by atoms with van der Waals surface area (Å²) >= 11 is 0. The van der Waals surface area contributed by atoms with Crippen LogP contribution in [-0.2, 0) is 15.8 Å². The van der Waals surface area contributed by atoms with Gasteiger partial charge in [0.1, 0.15) is 0 Å². The van der Waals surface area contributed by atoms with Gasteiger partial charge >= 0.3 is 7.60 Å². The summed E-state index contributed by atoms with van der Waals surface area (Å²) in [7, 11) is -4.13. The summed E-state index contributed by atoms with van der Waals surface area (Å²) in [5, 5.41) is 2.70. The van der Waals surface area contributed by atoms with Crippen LogP contribution in [0.4, 0.5) is 5.69 Å². The van der Waals surface area contributed by atoms with Gasteiger partial charge in [0.15, 0.2) is 0 Å². The molecule has 0 radical (unpaired) electrons. The summed E-state index contributed by atoms with van der Waals surface area (Å²) in [5.74, 6) is -0.429. The van der Waals surface area contributed by atoms with E-state index in [0.29, 0.717) is 5.69 Å². The lowest BCUT2D eigenvalue weighted by Gasteiger charge is -2.13. The Morgan fingerprint density at radius 2 is 2.04 bits per heavy atom. The summed E-state index contributed by atoms with van der Waals surface area (Å²) in [6, 6.07) is 6.67. The first-order chi connectivity index (χ1) is 10.8. The molecule has 0 saturated carbocycles. The maximum Gasteiger partial charge on any atom is 0.325 e. The van der Waals surface area contributed by atoms with Crippen LogP contribution in [0.3, 0.4) is 0 Å². The second-order valence-electron chi connectivity index (χ2n) is 5.78. The SMILES string of the molecule is CCCCCCc1cccc(NC(=O)[C@@H](N)CCP(=O)(O)O)c1. The third-order valence-electron chi connectivity index (χ3n) is 3.58. The molecule has 1 aromatic carbocycles. The topological polar surface area (TPSA) is 113 Å². The van der Waals surface area contributed by atoms with Crippen LogP contribution in [-0.4, -0.2) is 27.9 Å². The quantitative estimate of drug-likeness (QED) is 0.386. The smallest absolute Gasteiger partial charge is 0.325 e. The Bertz CT molecular complexity index is 545. The zero-order valence-electron chi connectivity index (χ0n) is 13.6. The van der Waals surface area contributed by atoms with Crippen molar-refractivity contribution in [1.29, 1.82) is 0 Å². The maximum absolute atomic E-state index is 12.0. The molecule has 0 fully saturated rings. The van der Waals surface area contributed by atoms with E-state index in [2.05, 4.69) is 12.2 Å². The van der Waals surface area contributed by atoms with Crippen LogP contribution in [0.25, 0.3) is 0 Å². The second-order valence-corrected chi connectivity index (χ2v) is 7.56. The number of unbranched alkanes of at least 4 members (excludes halogenated alkanes) is 3. The fourth-order valence-corrected chi connectivity index (χ4v) is 2.85. The summed E-state index contributed by atoms with van der Waals surface area (Å²) in [6.07, 6.45) is 5.26. The third-order valence-corrected chi connectivity index (χ3v) is 4.42. The van der Waals surface area contributed by atoms with Gasteiger partial charge in [0, 0.05) is 5.69 Å². The molecule has 0 aromatic heterocycles. The predicted molar refractivity (Wildman–Crippen MR) is 92.4 cm³/mol. The highest BCUT2D eigenvalue weighted by molar-refractivity contribution is 7.51. The van der Waals surface area contributed by atoms with Gasteiger partial charge in [-0.25, -0.2) is 0 Å². The largest absolute Gasteiger partial charge is 0.325 e. The molecule has 1 rings (SSSR count). The molecule has 0 heterocycles. The van der Waals surface area contributed by atoms with Crippen LogP contribution in [0, 0.1) is 0 Å². The number of nitrogens with one attached hydrogen (secondary N) is 1. The van der Waals surface area contributed by atoms with Crippen LogP contribution in [0.15, 0.2) is 24.3 Å². The molecule has 0 unspecified atom stereocenters. The zero-order chi connectivity index (χ0) is 17.3. The summed E-state index contributed by atoms with van der Waals surface area (Å²) in [6.45, 7) is 2.17. The van der Waals surface area contributed by atoms with Gasteiger partial charge in [-0.1, -0.05) is 38.3 Å². The highest BCUT2D eigenvalue weighted by Gasteiger charge is 2.19. The van der Waals surface area contributed by atoms with E-state index in [-0.39, 0.29) is 12.6 Å². The minimum absolute atomic E-state index is 0.0488. The Kier molecular flexibility index (Phi) is 8.48. The van der Waals surface area contributed by atoms with E-state index in [1.165, 1.54) is 19.3 Å². The summed E-state index contributed by atoms with van der Waals surface area (Å²) in [4.78, 5) is 29.6. The molecule has 0 aliphatic carbocycles. The van der Waals surface area contributed by atoms with Crippen molar-refractivity contribution >= 4 is 19.2 Å². The van der Waals surface area contributed by atoms with Crippen LogP contribution >= 0.6 is 7.60 Å². The molecular formula is C16H27N2O4P. The number of nitrogens with two attached hydrogens (primary N) is 1. The molecule has 130 valence electrons. The Balaban J connectivity index is 2.49. The zero-order valence-corrected chi connectivity index (χ0v) is 14.5. The number of amides is 1. The van der Waals surface area contributed by atoms with Gasteiger partial charge in [0.25, 0.3) is 0 Å². The van der Waals surface area contributed by atoms with Gasteiger partial charge in [-0.3, -0.25) is 9.36 Å². The normalized spacial score (nSPS) is 12.9. The minimum atomic E-state index is -4.13. The van der Waals surface area contributed by atoms with E-state index < -0.39 is 19.5 Å². The number of hydrogen-bond donors (Lipinski definition) is 4. The number of hydrogen-bond acceptors (Lipinski definition) is 3. The molecular weight excluding hydrogens is 315 g/mol. The average molecular weight is 342 g/mol. The van der Waals surface area contributed by atoms with E-state index in [4.69, 9.17) is 15.5 Å². The molecule has 0 saturated heterocycles. The van der Waals surface area contributed by atoms with Crippen molar-refractivity contribution in [3.63, 3.8) is 0 Å². The van der Waals surface area contributed by atoms with Gasteiger partial charge in [-0.2, -0.15) is 0 Å². The van der Waals surface area contributed by atoms with Gasteiger partial charge in [0.05, 0.1) is 12.2 Å². The van der Waals surface area contributed by atoms with Crippen molar-refractivity contribution in [3.05, 3.63) is 29.8 Å². The number of aryl methyl sites for hydroxylation is 1. The Morgan fingerprint density at radius 3 is 2.70 bits per heavy atom. The van der Waals surface area contributed by atoms with Crippen molar-refractivity contribution in [2.24, 2.45) is 5.73 Å². The maximum atomic E-state index is 12.0. The fraction of sp³-hybridized carbons (Fsp3) is 0.562. The van der Waals surface area contributed by atoms with Gasteiger partial charge in [-0.05, 0) is 37.0 Å². The number of anilines is 1. The highest BCUT2D eigenvalue weighted by atomic mass is 31.2. The Morgan fingerprint density at radius 1 is 1.30 bits per heavy atom. The Labute approximate surface area is 137 Å². The van der Waals surface area contributed by atoms with Crippen LogP contribution in [0.5, 0.6) is 0 Å². The minimum Gasteiger partial charge on any atom is -0.325 e. The van der Waals surface area contributed by atoms with Crippen molar-refractivity contribution in [2.45, 2.75) is 51.5 Å². The number of carbonyl (C=O) groups is 1. The number of rotatable bonds is 10. The molecule has 5 N–H and O–H groups in total. The second kappa shape index (κ2) is 9.83. The number of benzene rings is 1. The molecule has 1 amide bonds. The first-order valence-electron chi connectivity index (χ1n) is 8.02. The highest BCUT2D eigenvalue weighted by Crippen LogP contribution is 2.35. The predicted octanol–water partition coefficient (Wildman–Crippen LogP) is 2.64. The van der Waals surface area contributed by atoms with Crippen molar-refractivity contribution in [2.75, 3.05) is 11.5 Å². The lowest BCUT2D eigenvalue weighted by molar-refractivity contribution is -0.117. The van der Waals surface area contributed by atoms with E-state index in [0.717, 1.165) is 18.4 Å². The standard InChI is InChI=1S/C16H27N2O4P/c1-2-3-4-5-7-13-8-6-9-14(12-13)18-16(19)15(17)10-11-23(20,21)22/h6,8-9,12,15H,2-5,7,10-11,17H2,1H3,(H,18,19)(H2,20,21,22)/t15-/m0/s1. The van der Waals surface area contributed by atoms with Crippen LogP contribution < -0.4 is 11.1 Å². The van der Waals surface area contributed by atoms with Crippen LogP contribution in [0.1, 0.15) is 44.6 Å². The van der Waals surface area contributed by atoms with Gasteiger partial charge in [0.2, 0.25) is 5.91 Å². The van der Waals surface area contributed by atoms with Gasteiger partial charge < -0.3 is 20.8 Å². The van der Waals surface area contributed by atoms with Crippen molar-refractivity contribution < 1.29 is 19.1 Å². The molecule has 0 spiro atoms. The Hall–Kier alpha value is -1.20. The third kappa shape index (κ3) is 8.86. The van der Waals surface area contributed by atoms with E-state index >= 15 is 0 Å². The van der Waals surface area contributed by atoms with E-state index in [9.17, 15) is 9.36 Å². The molecule has 1 atom stereocenters. The molecule has 0 aliphatic rings. The van der Waals surface area contributed by atoms with Crippen molar-refractivity contribution in [3.8, 4) is 0 Å². The van der Waals surface area contributed by atoms with E-state index in [1.807, 2.05) is 18.2 Å². The van der Waals surface area contributed by atoms with Gasteiger partial charge in [-0.15, -0.1) is 0 Å². The molecule has 1 aromatic rings. The van der Waals surface area contributed by atoms with E-state index in [1.54, 1.807) is 6.07 Å². The summed E-state index contributed by atoms with van der Waals surface area (Å²) < 4.78 is 10.8. The first kappa shape index (κ1) is 19.8. The van der Waals surface area contributed by atoms with Crippen LogP contribution in [0.2, 0.25) is 0 Å². The molecule has 0 bridgehead atoms. The molecule has 0 aliphatic heterocycles. The lowest BCUT2D eigenvalue weighted by Crippen LogP contribution is -2.36. The molecule has 7 heteroatoms. The first-order valence-corrected chi connectivity index (χ1v) is 9.81. The molecule has 23 heavy (non-hydrogen) atoms. The number of carbonyl (C=O) groups excluding carboxylic acids is 1. The monoisotopic (exact) mass is 342 g/mol. The average Bonchev–Trinajstić information content (AvgIpc) is 2.49.